The van der Waals surface area contributed by atoms with Crippen LogP contribution in [0.2, 0.25) is 0 Å². The number of rotatable bonds is 16. The molecule has 3 aromatic carbocycles. The molecule has 1 aliphatic heterocycles. The van der Waals surface area contributed by atoms with Gasteiger partial charge < -0.3 is 36.4 Å². The molecular weight excluding hydrogens is 693 g/mol. The van der Waals surface area contributed by atoms with Crippen molar-refractivity contribution in [2.24, 2.45) is 29.1 Å². The summed E-state index contributed by atoms with van der Waals surface area (Å²) in [5, 5.41) is 29.2. The number of aliphatic hydroxyl groups excluding tert-OH is 2. The molecule has 2 fully saturated rings. The molecule has 11 heteroatoms. The summed E-state index contributed by atoms with van der Waals surface area (Å²) in [7, 11) is 7.88. The van der Waals surface area contributed by atoms with Crippen LogP contribution in [0.25, 0.3) is 11.1 Å². The Labute approximate surface area is 328 Å². The van der Waals surface area contributed by atoms with Crippen molar-refractivity contribution in [1.29, 1.82) is 0 Å². The van der Waals surface area contributed by atoms with Gasteiger partial charge in [-0.25, -0.2) is 0 Å². The van der Waals surface area contributed by atoms with Crippen LogP contribution in [0.1, 0.15) is 62.5 Å². The van der Waals surface area contributed by atoms with Crippen molar-refractivity contribution < 1.29 is 24.6 Å². The third kappa shape index (κ3) is 10.1. The molecule has 6 N–H and O–H groups in total. The smallest absolute Gasteiger partial charge is 0.251 e. The number of amides is 2. The Morgan fingerprint density at radius 1 is 1.00 bits per heavy atom. The zero-order valence-corrected chi connectivity index (χ0v) is 34.3. The van der Waals surface area contributed by atoms with Crippen LogP contribution in [0.3, 0.4) is 0 Å². The van der Waals surface area contributed by atoms with Crippen molar-refractivity contribution in [3.05, 3.63) is 83.4 Å². The number of nitrogen functional groups attached to an aromatic ring is 1. The van der Waals surface area contributed by atoms with E-state index in [1.807, 2.05) is 93.8 Å². The fourth-order valence-electron chi connectivity index (χ4n) is 8.61. The first-order chi connectivity index (χ1) is 26.0. The number of nitrogens with one attached hydrogen (secondary N) is 2. The van der Waals surface area contributed by atoms with E-state index in [-0.39, 0.29) is 36.4 Å². The monoisotopic (exact) mass is 756 g/mol. The molecule has 5 rings (SSSR count). The highest BCUT2D eigenvalue weighted by Crippen LogP contribution is 2.54. The molecular formula is C44H64N6O5. The molecule has 300 valence electrons. The van der Waals surface area contributed by atoms with Gasteiger partial charge in [-0.2, -0.15) is 5.06 Å². The first-order valence-corrected chi connectivity index (χ1v) is 19.7. The van der Waals surface area contributed by atoms with Crippen molar-refractivity contribution in [3.8, 4) is 11.1 Å². The van der Waals surface area contributed by atoms with Crippen LogP contribution >= 0.6 is 0 Å². The second-order valence-electron chi connectivity index (χ2n) is 17.2. The van der Waals surface area contributed by atoms with Gasteiger partial charge in [0.25, 0.3) is 5.91 Å². The lowest BCUT2D eigenvalue weighted by atomic mass is 9.52. The summed E-state index contributed by atoms with van der Waals surface area (Å²) < 4.78 is 0. The van der Waals surface area contributed by atoms with Crippen LogP contribution in [0.5, 0.6) is 0 Å². The van der Waals surface area contributed by atoms with Crippen molar-refractivity contribution >= 4 is 23.2 Å². The van der Waals surface area contributed by atoms with E-state index in [9.17, 15) is 19.8 Å². The SMILES string of the molecule is C[C@H](O)[C@@H]1[C@H](CO)ON(Cc2cccc(-c3cc(C(=O)N[C@@H](Cc4cccc(N)c4)CN(C)C)cc(N(C)C)c3)c2)[C@@H]1C(=O)NC[C@@H](C)[C@@H]1C[C@H](C)C1(C)C. The number of benzene rings is 3. The molecule has 1 saturated carbocycles. The summed E-state index contributed by atoms with van der Waals surface area (Å²) >= 11 is 0. The molecule has 2 aliphatic rings. The molecule has 1 saturated heterocycles. The molecule has 3 aromatic rings. The normalized spacial score (nSPS) is 23.8. The number of anilines is 2. The molecule has 0 radical (unpaired) electrons. The third-order valence-electron chi connectivity index (χ3n) is 12.1. The van der Waals surface area contributed by atoms with E-state index >= 15 is 0 Å². The van der Waals surface area contributed by atoms with Crippen LogP contribution in [-0.2, 0) is 22.6 Å². The van der Waals surface area contributed by atoms with Crippen LogP contribution in [-0.4, -0.2) is 104 Å². The van der Waals surface area contributed by atoms with Gasteiger partial charge in [-0.05, 0) is 116 Å². The van der Waals surface area contributed by atoms with Crippen molar-refractivity contribution in [2.75, 3.05) is 58.5 Å². The van der Waals surface area contributed by atoms with Gasteiger partial charge in [0.2, 0.25) is 5.91 Å². The lowest BCUT2D eigenvalue weighted by Crippen LogP contribution is -2.52. The Balaban J connectivity index is 1.36. The Morgan fingerprint density at radius 3 is 2.33 bits per heavy atom. The molecule has 1 heterocycles. The number of nitrogens with two attached hydrogens (primary N) is 1. The molecule has 2 amide bonds. The fourth-order valence-corrected chi connectivity index (χ4v) is 8.61. The summed E-state index contributed by atoms with van der Waals surface area (Å²) in [6.07, 6.45) is 0.178. The summed E-state index contributed by atoms with van der Waals surface area (Å²) in [5.74, 6) is 0.471. The maximum atomic E-state index is 13.9. The highest BCUT2D eigenvalue weighted by atomic mass is 16.7. The average Bonchev–Trinajstić information content (AvgIpc) is 3.50. The summed E-state index contributed by atoms with van der Waals surface area (Å²) in [6.45, 7) is 11.9. The minimum absolute atomic E-state index is 0.144. The summed E-state index contributed by atoms with van der Waals surface area (Å²) in [4.78, 5) is 38.1. The number of aliphatic hydroxyl groups is 2. The Hall–Kier alpha value is -4.00. The van der Waals surface area contributed by atoms with Crippen LogP contribution in [0, 0.1) is 29.1 Å². The zero-order valence-electron chi connectivity index (χ0n) is 34.3. The zero-order chi connectivity index (χ0) is 40.2. The quantitative estimate of drug-likeness (QED) is 0.130. The Bertz CT molecular complexity index is 1780. The Kier molecular flexibility index (Phi) is 13.7. The molecule has 8 atom stereocenters. The van der Waals surface area contributed by atoms with Gasteiger partial charge >= 0.3 is 0 Å². The van der Waals surface area contributed by atoms with Crippen LogP contribution in [0.15, 0.2) is 66.7 Å². The molecule has 0 bridgehead atoms. The highest BCUT2D eigenvalue weighted by Gasteiger charge is 2.50. The van der Waals surface area contributed by atoms with E-state index in [0.29, 0.717) is 48.5 Å². The van der Waals surface area contributed by atoms with Gasteiger partial charge in [0, 0.05) is 56.1 Å². The molecule has 0 spiro atoms. The number of hydroxylamine groups is 2. The molecule has 55 heavy (non-hydrogen) atoms. The predicted octanol–water partition coefficient (Wildman–Crippen LogP) is 4.81. The summed E-state index contributed by atoms with van der Waals surface area (Å²) in [5.41, 5.74) is 12.1. The maximum absolute atomic E-state index is 13.9. The second kappa shape index (κ2) is 17.9. The van der Waals surface area contributed by atoms with Crippen molar-refractivity contribution in [3.63, 3.8) is 0 Å². The summed E-state index contributed by atoms with van der Waals surface area (Å²) in [6, 6.07) is 20.6. The minimum Gasteiger partial charge on any atom is -0.399 e. The second-order valence-corrected chi connectivity index (χ2v) is 17.2. The van der Waals surface area contributed by atoms with Crippen molar-refractivity contribution in [1.82, 2.24) is 20.6 Å². The van der Waals surface area contributed by atoms with Gasteiger partial charge in [-0.15, -0.1) is 0 Å². The van der Waals surface area contributed by atoms with Crippen molar-refractivity contribution in [2.45, 2.75) is 78.3 Å². The largest absolute Gasteiger partial charge is 0.399 e. The van der Waals surface area contributed by atoms with Gasteiger partial charge in [-0.3, -0.25) is 14.4 Å². The van der Waals surface area contributed by atoms with E-state index in [2.05, 4.69) is 49.3 Å². The van der Waals surface area contributed by atoms with E-state index in [1.54, 1.807) is 12.0 Å². The van der Waals surface area contributed by atoms with Crippen LogP contribution in [0.4, 0.5) is 11.4 Å². The number of likely N-dealkylation sites (N-methyl/N-ethyl adjacent to an activating group) is 1. The van der Waals surface area contributed by atoms with Crippen LogP contribution < -0.4 is 21.3 Å². The lowest BCUT2D eigenvalue weighted by molar-refractivity contribution is -0.182. The van der Waals surface area contributed by atoms with E-state index in [0.717, 1.165) is 34.4 Å². The first-order valence-electron chi connectivity index (χ1n) is 19.7. The van der Waals surface area contributed by atoms with E-state index < -0.39 is 24.2 Å². The highest BCUT2D eigenvalue weighted by molar-refractivity contribution is 5.97. The molecule has 0 unspecified atom stereocenters. The first kappa shape index (κ1) is 42.1. The fraction of sp³-hybridized carbons (Fsp3) is 0.545. The minimum atomic E-state index is -0.880. The molecule has 0 aromatic heterocycles. The maximum Gasteiger partial charge on any atom is 0.251 e. The number of carbonyl (C=O) groups excluding carboxylic acids is 2. The van der Waals surface area contributed by atoms with E-state index in [4.69, 9.17) is 10.6 Å². The molecule has 11 nitrogen and oxygen atoms in total. The molecule has 1 aliphatic carbocycles. The lowest BCUT2D eigenvalue weighted by Gasteiger charge is -2.53. The number of nitrogens with zero attached hydrogens (tertiary/aromatic N) is 3. The topological polar surface area (TPSA) is 144 Å². The van der Waals surface area contributed by atoms with Gasteiger partial charge in [0.05, 0.1) is 19.3 Å². The van der Waals surface area contributed by atoms with Gasteiger partial charge in [0.15, 0.2) is 0 Å². The standard InChI is InChI=1S/C44H64N6O5/c1-27(38-16-28(2)44(38,4)5)23-46-43(54)41-40(29(3)52)39(26-51)55-50(41)24-31-13-10-14-32(17-31)33-20-34(22-37(21-33)49(8)9)42(53)47-36(25-48(6)7)19-30-12-11-15-35(45)18-30/h10-15,17-18,20-22,27-29,36,38-41,51-52H,16,19,23-26,45H2,1-9H3,(H,46,54)(H,47,53)/t27-,28+,29+,36+,38+,39+,40-,41+/m1/s1. The number of hydrogen-bond acceptors (Lipinski definition) is 9. The van der Waals surface area contributed by atoms with Gasteiger partial charge in [0.1, 0.15) is 12.1 Å². The van der Waals surface area contributed by atoms with E-state index in [1.165, 1.54) is 0 Å². The predicted molar refractivity (Wildman–Crippen MR) is 220 cm³/mol. The Morgan fingerprint density at radius 2 is 1.71 bits per heavy atom. The van der Waals surface area contributed by atoms with Gasteiger partial charge in [-0.1, -0.05) is 58.0 Å². The number of hydrogen-bond donors (Lipinski definition) is 5. The third-order valence-corrected chi connectivity index (χ3v) is 12.1. The average molecular weight is 757 g/mol. The number of carbonyl (C=O) groups is 2.